The van der Waals surface area contributed by atoms with Crippen molar-refractivity contribution in [2.75, 3.05) is 13.7 Å². The summed E-state index contributed by atoms with van der Waals surface area (Å²) in [5.41, 5.74) is 8.17. The van der Waals surface area contributed by atoms with Gasteiger partial charge in [-0.15, -0.1) is 0 Å². The summed E-state index contributed by atoms with van der Waals surface area (Å²) < 4.78 is 0. The number of hydrogen-bond acceptors (Lipinski definition) is 4. The Morgan fingerprint density at radius 3 is 2.05 bits per heavy atom. The summed E-state index contributed by atoms with van der Waals surface area (Å²) in [7, 11) is 1.53. The molecule has 0 aliphatic rings. The minimum atomic E-state index is -0.559. The highest BCUT2D eigenvalue weighted by atomic mass is 17.2. The highest BCUT2D eigenvalue weighted by Gasteiger charge is 2.31. The van der Waals surface area contributed by atoms with Crippen LogP contribution >= 0.6 is 0 Å². The minimum absolute atomic E-state index is 0.0347. The van der Waals surface area contributed by atoms with Crippen LogP contribution in [0.4, 0.5) is 0 Å². The van der Waals surface area contributed by atoms with Crippen LogP contribution in [0, 0.1) is 6.92 Å². The van der Waals surface area contributed by atoms with Crippen LogP contribution in [-0.2, 0) is 28.0 Å². The van der Waals surface area contributed by atoms with Gasteiger partial charge in [-0.1, -0.05) is 70.2 Å². The number of rotatable bonds is 14. The van der Waals surface area contributed by atoms with Crippen LogP contribution in [0.1, 0.15) is 87.6 Å². The number of aromatic nitrogens is 1. The molecule has 3 rings (SSSR count). The van der Waals surface area contributed by atoms with E-state index in [2.05, 4.69) is 88.1 Å². The molecule has 0 radical (unpaired) electrons. The zero-order chi connectivity index (χ0) is 26.9. The molecule has 0 aliphatic carbocycles. The van der Waals surface area contributed by atoms with E-state index in [4.69, 9.17) is 9.78 Å². The van der Waals surface area contributed by atoms with Crippen LogP contribution in [-0.4, -0.2) is 29.4 Å². The molecule has 37 heavy (non-hydrogen) atoms. The Labute approximate surface area is 224 Å². The number of aliphatic hydroxyl groups is 1. The first-order valence-corrected chi connectivity index (χ1v) is 13.9. The van der Waals surface area contributed by atoms with Crippen molar-refractivity contribution in [1.82, 2.24) is 4.98 Å². The molecule has 0 unspecified atom stereocenters. The molecular formula is C33H45NO3. The lowest BCUT2D eigenvalue weighted by molar-refractivity contribution is -0.271. The Hall–Kier alpha value is -2.53. The van der Waals surface area contributed by atoms with E-state index >= 15 is 0 Å². The molecular weight excluding hydrogens is 458 g/mol. The van der Waals surface area contributed by atoms with E-state index in [1.54, 1.807) is 0 Å². The lowest BCUT2D eigenvalue weighted by Crippen LogP contribution is -2.27. The molecule has 1 N–H and O–H groups in total. The fourth-order valence-corrected chi connectivity index (χ4v) is 5.48. The van der Waals surface area contributed by atoms with Gasteiger partial charge in [-0.25, -0.2) is 9.78 Å². The van der Waals surface area contributed by atoms with Crippen molar-refractivity contribution in [3.63, 3.8) is 0 Å². The second kappa shape index (κ2) is 13.3. The third-order valence-corrected chi connectivity index (χ3v) is 8.44. The molecule has 4 nitrogen and oxygen atoms in total. The molecule has 1 heterocycles. The molecule has 0 fully saturated rings. The van der Waals surface area contributed by atoms with Gasteiger partial charge in [-0.05, 0) is 84.9 Å². The van der Waals surface area contributed by atoms with Crippen molar-refractivity contribution < 1.29 is 14.9 Å². The van der Waals surface area contributed by atoms with Gasteiger partial charge in [0.1, 0.15) is 0 Å². The first-order chi connectivity index (χ1) is 17.8. The average Bonchev–Trinajstić information content (AvgIpc) is 2.94. The lowest BCUT2D eigenvalue weighted by atomic mass is 9.70. The number of benzene rings is 2. The van der Waals surface area contributed by atoms with Gasteiger partial charge in [0.05, 0.1) is 19.3 Å². The Morgan fingerprint density at radius 1 is 0.784 bits per heavy atom. The summed E-state index contributed by atoms with van der Waals surface area (Å²) >= 11 is 0. The summed E-state index contributed by atoms with van der Waals surface area (Å²) in [6.45, 7) is 11.5. The van der Waals surface area contributed by atoms with Crippen molar-refractivity contribution in [3.8, 4) is 11.1 Å². The van der Waals surface area contributed by atoms with Crippen molar-refractivity contribution in [2.24, 2.45) is 0 Å². The van der Waals surface area contributed by atoms with Crippen LogP contribution < -0.4 is 0 Å². The van der Waals surface area contributed by atoms with Gasteiger partial charge < -0.3 is 5.11 Å². The molecule has 0 atom stereocenters. The van der Waals surface area contributed by atoms with Gasteiger partial charge >= 0.3 is 0 Å². The van der Waals surface area contributed by atoms with Crippen LogP contribution in [0.2, 0.25) is 0 Å². The highest BCUT2D eigenvalue weighted by Crippen LogP contribution is 2.40. The van der Waals surface area contributed by atoms with E-state index in [-0.39, 0.29) is 5.41 Å². The SMILES string of the molecule is CCC(O)(CC)CCc1ccc(C(CC)(CC)c2ccc(-c3cncc(CCOOC)c3)cc2)cc1C. The zero-order valence-electron chi connectivity index (χ0n) is 23.6. The van der Waals surface area contributed by atoms with Gasteiger partial charge in [0.25, 0.3) is 0 Å². The van der Waals surface area contributed by atoms with Gasteiger partial charge in [0, 0.05) is 29.8 Å². The normalized spacial score (nSPS) is 12.2. The molecule has 4 heteroatoms. The first kappa shape index (κ1) is 29.0. The Morgan fingerprint density at radius 2 is 1.46 bits per heavy atom. The maximum atomic E-state index is 10.7. The molecule has 0 saturated heterocycles. The largest absolute Gasteiger partial charge is 0.390 e. The molecule has 200 valence electrons. The van der Waals surface area contributed by atoms with E-state index in [9.17, 15) is 5.11 Å². The molecule has 2 aromatic carbocycles. The van der Waals surface area contributed by atoms with Gasteiger partial charge in [0.2, 0.25) is 0 Å². The van der Waals surface area contributed by atoms with Crippen LogP contribution in [0.3, 0.4) is 0 Å². The summed E-state index contributed by atoms with van der Waals surface area (Å²) in [6.07, 6.45) is 9.94. The maximum Gasteiger partial charge on any atom is 0.0863 e. The molecule has 1 aromatic heterocycles. The summed E-state index contributed by atoms with van der Waals surface area (Å²) in [5.74, 6) is 0. The fraction of sp³-hybridized carbons (Fsp3) is 0.485. The maximum absolute atomic E-state index is 10.7. The molecule has 3 aromatic rings. The number of nitrogens with zero attached hydrogens (tertiary/aromatic N) is 1. The zero-order valence-corrected chi connectivity index (χ0v) is 23.6. The minimum Gasteiger partial charge on any atom is -0.390 e. The lowest BCUT2D eigenvalue weighted by Gasteiger charge is -2.34. The van der Waals surface area contributed by atoms with Crippen molar-refractivity contribution in [1.29, 1.82) is 0 Å². The third kappa shape index (κ3) is 6.87. The molecule has 0 bridgehead atoms. The van der Waals surface area contributed by atoms with Crippen molar-refractivity contribution in [3.05, 3.63) is 88.7 Å². The monoisotopic (exact) mass is 503 g/mol. The van der Waals surface area contributed by atoms with Crippen LogP contribution in [0.5, 0.6) is 0 Å². The van der Waals surface area contributed by atoms with Crippen LogP contribution in [0.25, 0.3) is 11.1 Å². The smallest absolute Gasteiger partial charge is 0.0863 e. The molecule has 0 saturated carbocycles. The van der Waals surface area contributed by atoms with E-state index in [0.29, 0.717) is 6.61 Å². The van der Waals surface area contributed by atoms with Crippen molar-refractivity contribution in [2.45, 2.75) is 90.6 Å². The van der Waals surface area contributed by atoms with Gasteiger partial charge in [-0.2, -0.15) is 0 Å². The van der Waals surface area contributed by atoms with Crippen molar-refractivity contribution >= 4 is 0 Å². The summed E-state index contributed by atoms with van der Waals surface area (Å²) in [5, 5.41) is 10.7. The second-order valence-electron chi connectivity index (χ2n) is 10.3. The summed E-state index contributed by atoms with van der Waals surface area (Å²) in [6, 6.07) is 18.2. The molecule has 0 amide bonds. The van der Waals surface area contributed by atoms with E-state index in [0.717, 1.165) is 61.6 Å². The predicted octanol–water partition coefficient (Wildman–Crippen LogP) is 7.77. The first-order valence-electron chi connectivity index (χ1n) is 13.9. The molecule has 0 aliphatic heterocycles. The fourth-order valence-electron chi connectivity index (χ4n) is 5.48. The number of aryl methyl sites for hydroxylation is 2. The van der Waals surface area contributed by atoms with Crippen LogP contribution in [0.15, 0.2) is 60.9 Å². The Balaban J connectivity index is 1.85. The number of hydrogen-bond donors (Lipinski definition) is 1. The summed E-state index contributed by atoms with van der Waals surface area (Å²) in [4.78, 5) is 14.2. The van der Waals surface area contributed by atoms with E-state index in [1.807, 2.05) is 12.4 Å². The van der Waals surface area contributed by atoms with Gasteiger partial charge in [0.15, 0.2) is 0 Å². The Bertz CT molecular complexity index is 1110. The van der Waals surface area contributed by atoms with Gasteiger partial charge in [-0.3, -0.25) is 4.98 Å². The Kier molecular flexibility index (Phi) is 10.5. The predicted molar refractivity (Wildman–Crippen MR) is 153 cm³/mol. The molecule has 0 spiro atoms. The van der Waals surface area contributed by atoms with E-state index in [1.165, 1.54) is 29.4 Å². The standard InChI is InChI=1S/C33H45NO3/c1-7-32(35,8-2)19-17-27-11-16-31(21-25(27)5)33(9-3,10-4)30-14-12-28(13-15-30)29-22-26(23-34-24-29)18-20-37-36-6/h11-16,21-24,35H,7-10,17-20H2,1-6H3. The average molecular weight is 504 g/mol. The second-order valence-corrected chi connectivity index (χ2v) is 10.3. The third-order valence-electron chi connectivity index (χ3n) is 8.44. The quantitative estimate of drug-likeness (QED) is 0.139. The number of pyridine rings is 1. The van der Waals surface area contributed by atoms with E-state index < -0.39 is 5.60 Å². The highest BCUT2D eigenvalue weighted by molar-refractivity contribution is 5.64. The topological polar surface area (TPSA) is 51.6 Å².